The van der Waals surface area contributed by atoms with Gasteiger partial charge in [0.2, 0.25) is 0 Å². The first kappa shape index (κ1) is 18.2. The summed E-state index contributed by atoms with van der Waals surface area (Å²) in [6.45, 7) is 2.24. The van der Waals surface area contributed by atoms with Gasteiger partial charge in [0.1, 0.15) is 0 Å². The lowest BCUT2D eigenvalue weighted by Crippen LogP contribution is -1.94. The third-order valence-corrected chi connectivity index (χ3v) is 4.15. The number of unbranched alkanes of at least 4 members (excludes halogenated alkanes) is 8. The minimum Gasteiger partial charge on any atom is -0.478 e. The lowest BCUT2D eigenvalue weighted by Gasteiger charge is -2.00. The number of rotatable bonds is 14. The van der Waals surface area contributed by atoms with Crippen LogP contribution < -0.4 is 0 Å². The minimum absolute atomic E-state index is 0.572. The summed E-state index contributed by atoms with van der Waals surface area (Å²) in [7, 11) is 0. The molecule has 1 fully saturated rings. The summed E-state index contributed by atoms with van der Waals surface area (Å²) in [5.41, 5.74) is 0. The Kier molecular flexibility index (Phi) is 10.2. The van der Waals surface area contributed by atoms with Crippen LogP contribution >= 0.6 is 0 Å². The Balaban J connectivity index is 1.77. The SMILES string of the molecule is CCCCC[C@@H]1O[C@@H]1CCCCCCCC/C=C\C(=O)O. The van der Waals surface area contributed by atoms with E-state index >= 15 is 0 Å². The number of aliphatic carboxylic acids is 1. The number of ether oxygens (including phenoxy) is 1. The molecule has 0 aromatic heterocycles. The molecule has 2 atom stereocenters. The van der Waals surface area contributed by atoms with Crippen molar-refractivity contribution in [1.29, 1.82) is 0 Å². The smallest absolute Gasteiger partial charge is 0.327 e. The van der Waals surface area contributed by atoms with Crippen LogP contribution in [-0.4, -0.2) is 23.3 Å². The van der Waals surface area contributed by atoms with Crippen LogP contribution in [0.5, 0.6) is 0 Å². The van der Waals surface area contributed by atoms with E-state index in [1.165, 1.54) is 70.3 Å². The van der Waals surface area contributed by atoms with Crippen LogP contribution in [0, 0.1) is 0 Å². The fraction of sp³-hybridized carbons (Fsp3) is 0.833. The Bertz CT molecular complexity index is 299. The molecule has 3 heteroatoms. The second kappa shape index (κ2) is 11.8. The minimum atomic E-state index is -0.842. The molecule has 0 aliphatic carbocycles. The predicted octanol–water partition coefficient (Wildman–Crippen LogP) is 5.10. The molecule has 1 N–H and O–H groups in total. The van der Waals surface area contributed by atoms with Gasteiger partial charge in [0.05, 0.1) is 12.2 Å². The van der Waals surface area contributed by atoms with Gasteiger partial charge >= 0.3 is 5.97 Å². The normalized spacial score (nSPS) is 21.0. The summed E-state index contributed by atoms with van der Waals surface area (Å²) in [6.07, 6.45) is 19.0. The highest BCUT2D eigenvalue weighted by molar-refractivity contribution is 5.79. The van der Waals surface area contributed by atoms with Crippen molar-refractivity contribution in [2.24, 2.45) is 0 Å². The molecule has 0 saturated carbocycles. The van der Waals surface area contributed by atoms with Crippen LogP contribution in [0.3, 0.4) is 0 Å². The number of allylic oxidation sites excluding steroid dienone is 1. The van der Waals surface area contributed by atoms with Crippen molar-refractivity contribution >= 4 is 5.97 Å². The molecule has 0 bridgehead atoms. The van der Waals surface area contributed by atoms with Crippen LogP contribution in [0.1, 0.15) is 84.0 Å². The number of carboxylic acid groups (broad SMARTS) is 1. The van der Waals surface area contributed by atoms with E-state index in [1.807, 2.05) is 0 Å². The summed E-state index contributed by atoms with van der Waals surface area (Å²) < 4.78 is 5.70. The molecule has 0 spiro atoms. The lowest BCUT2D eigenvalue weighted by atomic mass is 10.0. The Morgan fingerprint density at radius 1 is 0.952 bits per heavy atom. The molecule has 1 aliphatic rings. The lowest BCUT2D eigenvalue weighted by molar-refractivity contribution is -0.131. The van der Waals surface area contributed by atoms with Crippen LogP contribution in [-0.2, 0) is 9.53 Å². The largest absolute Gasteiger partial charge is 0.478 e. The fourth-order valence-electron chi connectivity index (χ4n) is 2.78. The Morgan fingerprint density at radius 2 is 1.52 bits per heavy atom. The van der Waals surface area contributed by atoms with Crippen molar-refractivity contribution in [1.82, 2.24) is 0 Å². The van der Waals surface area contributed by atoms with E-state index in [-0.39, 0.29) is 0 Å². The van der Waals surface area contributed by atoms with E-state index < -0.39 is 5.97 Å². The fourth-order valence-corrected chi connectivity index (χ4v) is 2.78. The molecule has 0 radical (unpaired) electrons. The van der Waals surface area contributed by atoms with Gasteiger partial charge in [-0.25, -0.2) is 4.79 Å². The first-order valence-corrected chi connectivity index (χ1v) is 8.79. The summed E-state index contributed by atoms with van der Waals surface area (Å²) in [4.78, 5) is 10.3. The molecule has 1 rings (SSSR count). The number of hydrogen-bond donors (Lipinski definition) is 1. The zero-order chi connectivity index (χ0) is 15.3. The molecule has 0 aromatic carbocycles. The predicted molar refractivity (Wildman–Crippen MR) is 86.5 cm³/mol. The summed E-state index contributed by atoms with van der Waals surface area (Å²) >= 11 is 0. The van der Waals surface area contributed by atoms with Gasteiger partial charge < -0.3 is 9.84 Å². The maximum atomic E-state index is 10.3. The second-order valence-corrected chi connectivity index (χ2v) is 6.15. The van der Waals surface area contributed by atoms with Gasteiger partial charge in [-0.15, -0.1) is 0 Å². The van der Waals surface area contributed by atoms with Gasteiger partial charge in [-0.3, -0.25) is 0 Å². The van der Waals surface area contributed by atoms with Crippen molar-refractivity contribution in [3.63, 3.8) is 0 Å². The van der Waals surface area contributed by atoms with Gasteiger partial charge in [-0.2, -0.15) is 0 Å². The van der Waals surface area contributed by atoms with Gasteiger partial charge in [0, 0.05) is 6.08 Å². The maximum absolute atomic E-state index is 10.3. The molecule has 1 saturated heterocycles. The molecule has 0 unspecified atom stereocenters. The van der Waals surface area contributed by atoms with Gasteiger partial charge in [-0.05, 0) is 25.7 Å². The monoisotopic (exact) mass is 296 g/mol. The standard InChI is InChI=1S/C18H32O3/c1-2-3-10-13-16-17(21-16)14-11-8-6-4-5-7-9-12-15-18(19)20/h12,15-17H,2-11,13-14H2,1H3,(H,19,20)/b15-12-/t16-,17+/m0/s1. The molecule has 0 amide bonds. The van der Waals surface area contributed by atoms with E-state index in [1.54, 1.807) is 6.08 Å². The van der Waals surface area contributed by atoms with E-state index in [9.17, 15) is 4.79 Å². The van der Waals surface area contributed by atoms with Crippen molar-refractivity contribution < 1.29 is 14.6 Å². The van der Waals surface area contributed by atoms with Crippen LogP contribution in [0.2, 0.25) is 0 Å². The number of epoxide rings is 1. The van der Waals surface area contributed by atoms with Crippen molar-refractivity contribution in [3.05, 3.63) is 12.2 Å². The van der Waals surface area contributed by atoms with Crippen molar-refractivity contribution in [2.45, 2.75) is 96.2 Å². The molecular weight excluding hydrogens is 264 g/mol. The third kappa shape index (κ3) is 10.5. The van der Waals surface area contributed by atoms with Crippen molar-refractivity contribution in [2.75, 3.05) is 0 Å². The molecule has 1 heterocycles. The van der Waals surface area contributed by atoms with Gasteiger partial charge in [0.15, 0.2) is 0 Å². The molecular formula is C18H32O3. The third-order valence-electron chi connectivity index (χ3n) is 4.15. The quantitative estimate of drug-likeness (QED) is 0.276. The second-order valence-electron chi connectivity index (χ2n) is 6.15. The Hall–Kier alpha value is -0.830. The first-order valence-electron chi connectivity index (χ1n) is 8.79. The molecule has 122 valence electrons. The number of carbonyl (C=O) groups is 1. The highest BCUT2D eigenvalue weighted by atomic mass is 16.6. The highest BCUT2D eigenvalue weighted by Crippen LogP contribution is 2.31. The first-order chi connectivity index (χ1) is 10.2. The summed E-state index contributed by atoms with van der Waals surface area (Å²) in [6, 6.07) is 0. The molecule has 21 heavy (non-hydrogen) atoms. The molecule has 1 aliphatic heterocycles. The van der Waals surface area contributed by atoms with Gasteiger partial charge in [0.25, 0.3) is 0 Å². The molecule has 3 nitrogen and oxygen atoms in total. The zero-order valence-corrected chi connectivity index (χ0v) is 13.6. The van der Waals surface area contributed by atoms with Crippen molar-refractivity contribution in [3.8, 4) is 0 Å². The van der Waals surface area contributed by atoms with E-state index in [0.29, 0.717) is 12.2 Å². The summed E-state index contributed by atoms with van der Waals surface area (Å²) in [5, 5.41) is 8.45. The van der Waals surface area contributed by atoms with Crippen LogP contribution in [0.25, 0.3) is 0 Å². The van der Waals surface area contributed by atoms with Crippen LogP contribution in [0.4, 0.5) is 0 Å². The van der Waals surface area contributed by atoms with E-state index in [4.69, 9.17) is 9.84 Å². The Labute approximate surface area is 129 Å². The highest BCUT2D eigenvalue weighted by Gasteiger charge is 2.36. The number of hydrogen-bond acceptors (Lipinski definition) is 2. The maximum Gasteiger partial charge on any atom is 0.327 e. The van der Waals surface area contributed by atoms with Gasteiger partial charge in [-0.1, -0.05) is 64.4 Å². The number of carboxylic acids is 1. The van der Waals surface area contributed by atoms with E-state index in [2.05, 4.69) is 6.92 Å². The summed E-state index contributed by atoms with van der Waals surface area (Å²) in [5.74, 6) is -0.842. The average molecular weight is 296 g/mol. The Morgan fingerprint density at radius 3 is 2.14 bits per heavy atom. The average Bonchev–Trinajstić information content (AvgIpc) is 3.19. The topological polar surface area (TPSA) is 49.8 Å². The zero-order valence-electron chi connectivity index (χ0n) is 13.6. The molecule has 0 aromatic rings. The van der Waals surface area contributed by atoms with E-state index in [0.717, 1.165) is 12.8 Å². The van der Waals surface area contributed by atoms with Crippen LogP contribution in [0.15, 0.2) is 12.2 Å².